The van der Waals surface area contributed by atoms with Crippen molar-refractivity contribution in [1.82, 2.24) is 5.32 Å². The molecule has 0 aromatic heterocycles. The third-order valence-electron chi connectivity index (χ3n) is 3.63. The molecule has 2 aliphatic rings. The molecule has 3 rings (SSSR count). The zero-order chi connectivity index (χ0) is 10.5. The predicted octanol–water partition coefficient (Wildman–Crippen LogP) is 1.14. The number of aldehydes is 1. The van der Waals surface area contributed by atoms with E-state index < -0.39 is 0 Å². The van der Waals surface area contributed by atoms with Crippen LogP contribution in [0.3, 0.4) is 0 Å². The molecular formula is C12H14N2O. The molecule has 0 saturated heterocycles. The monoisotopic (exact) mass is 202 g/mol. The van der Waals surface area contributed by atoms with Crippen LogP contribution in [0.5, 0.6) is 0 Å². The maximum absolute atomic E-state index is 11.0. The Labute approximate surface area is 88.7 Å². The Hall–Kier alpha value is -1.35. The Morgan fingerprint density at radius 1 is 1.47 bits per heavy atom. The summed E-state index contributed by atoms with van der Waals surface area (Å²) in [6, 6.07) is 5.79. The molecule has 1 aliphatic carbocycles. The van der Waals surface area contributed by atoms with E-state index in [2.05, 4.69) is 11.4 Å². The third-order valence-corrected chi connectivity index (χ3v) is 3.63. The van der Waals surface area contributed by atoms with Crippen molar-refractivity contribution in [3.05, 3.63) is 29.3 Å². The second kappa shape index (κ2) is 2.83. The summed E-state index contributed by atoms with van der Waals surface area (Å²) in [6.07, 6.45) is 3.42. The van der Waals surface area contributed by atoms with Crippen molar-refractivity contribution in [3.8, 4) is 0 Å². The number of fused-ring (bicyclic) bond motifs is 2. The Bertz CT molecular complexity index is 424. The number of carbonyl (C=O) groups excluding carboxylic acids is 1. The lowest BCUT2D eigenvalue weighted by molar-refractivity contribution is -0.109. The summed E-state index contributed by atoms with van der Waals surface area (Å²) < 4.78 is 0. The Kier molecular flexibility index (Phi) is 1.68. The molecule has 1 heterocycles. The van der Waals surface area contributed by atoms with Gasteiger partial charge in [-0.2, -0.15) is 0 Å². The number of nitrogen functional groups attached to an aromatic ring is 1. The van der Waals surface area contributed by atoms with Gasteiger partial charge < -0.3 is 15.8 Å². The van der Waals surface area contributed by atoms with Gasteiger partial charge in [0.15, 0.2) is 0 Å². The van der Waals surface area contributed by atoms with E-state index in [-0.39, 0.29) is 6.04 Å². The fourth-order valence-corrected chi connectivity index (χ4v) is 2.55. The van der Waals surface area contributed by atoms with Gasteiger partial charge in [-0.25, -0.2) is 0 Å². The third kappa shape index (κ3) is 1.20. The van der Waals surface area contributed by atoms with Gasteiger partial charge in [-0.3, -0.25) is 0 Å². The summed E-state index contributed by atoms with van der Waals surface area (Å²) in [7, 11) is 0. The Morgan fingerprint density at radius 3 is 2.93 bits per heavy atom. The van der Waals surface area contributed by atoms with Crippen molar-refractivity contribution in [2.75, 3.05) is 12.3 Å². The van der Waals surface area contributed by atoms with Crippen molar-refractivity contribution < 1.29 is 4.79 Å². The van der Waals surface area contributed by atoms with Crippen LogP contribution in [0.4, 0.5) is 5.69 Å². The molecule has 1 aromatic carbocycles. The van der Waals surface area contributed by atoms with Gasteiger partial charge in [-0.15, -0.1) is 0 Å². The highest BCUT2D eigenvalue weighted by Crippen LogP contribution is 2.52. The van der Waals surface area contributed by atoms with Crippen LogP contribution in [-0.2, 0) is 10.2 Å². The predicted molar refractivity (Wildman–Crippen MR) is 58.6 cm³/mol. The van der Waals surface area contributed by atoms with Crippen molar-refractivity contribution in [2.45, 2.75) is 24.3 Å². The average Bonchev–Trinajstić information content (AvgIpc) is 2.99. The van der Waals surface area contributed by atoms with Crippen LogP contribution >= 0.6 is 0 Å². The molecule has 3 N–H and O–H groups in total. The number of hydrogen-bond acceptors (Lipinski definition) is 3. The van der Waals surface area contributed by atoms with Crippen LogP contribution in [0.1, 0.15) is 30.0 Å². The Morgan fingerprint density at radius 2 is 2.27 bits per heavy atom. The van der Waals surface area contributed by atoms with Crippen molar-refractivity contribution in [3.63, 3.8) is 0 Å². The lowest BCUT2D eigenvalue weighted by atomic mass is 9.84. The van der Waals surface area contributed by atoms with Crippen molar-refractivity contribution >= 4 is 12.0 Å². The molecule has 0 radical (unpaired) electrons. The van der Waals surface area contributed by atoms with Gasteiger partial charge >= 0.3 is 0 Å². The maximum atomic E-state index is 11.0. The van der Waals surface area contributed by atoms with E-state index in [1.807, 2.05) is 12.1 Å². The van der Waals surface area contributed by atoms with Crippen molar-refractivity contribution in [2.24, 2.45) is 0 Å². The van der Waals surface area contributed by atoms with Gasteiger partial charge in [0.1, 0.15) is 6.29 Å². The summed E-state index contributed by atoms with van der Waals surface area (Å²) in [5.41, 5.74) is 9.21. The SMILES string of the molecule is Nc1ccc2c(c1)C(C=O)NCC21CC1. The molecule has 1 saturated carbocycles. The number of benzene rings is 1. The molecule has 1 aliphatic heterocycles. The number of hydrogen-bond donors (Lipinski definition) is 2. The zero-order valence-corrected chi connectivity index (χ0v) is 8.49. The number of carbonyl (C=O) groups is 1. The molecule has 1 unspecified atom stereocenters. The fourth-order valence-electron chi connectivity index (χ4n) is 2.55. The first-order chi connectivity index (χ1) is 7.25. The van der Waals surface area contributed by atoms with Crippen LogP contribution in [0.25, 0.3) is 0 Å². The van der Waals surface area contributed by atoms with Gasteiger partial charge in [-0.05, 0) is 36.1 Å². The largest absolute Gasteiger partial charge is 0.399 e. The highest BCUT2D eigenvalue weighted by Gasteiger charge is 2.48. The highest BCUT2D eigenvalue weighted by atomic mass is 16.1. The van der Waals surface area contributed by atoms with E-state index in [1.54, 1.807) is 0 Å². The van der Waals surface area contributed by atoms with Crippen LogP contribution in [0, 0.1) is 0 Å². The second-order valence-corrected chi connectivity index (χ2v) is 4.62. The van der Waals surface area contributed by atoms with Crippen molar-refractivity contribution in [1.29, 1.82) is 0 Å². The summed E-state index contributed by atoms with van der Waals surface area (Å²) >= 11 is 0. The molecule has 15 heavy (non-hydrogen) atoms. The molecule has 3 nitrogen and oxygen atoms in total. The van der Waals surface area contributed by atoms with Crippen LogP contribution < -0.4 is 11.1 Å². The normalized spacial score (nSPS) is 26.0. The summed E-state index contributed by atoms with van der Waals surface area (Å²) in [5, 5.41) is 3.28. The van der Waals surface area contributed by atoms with E-state index in [4.69, 9.17) is 5.73 Å². The second-order valence-electron chi connectivity index (χ2n) is 4.62. The molecule has 78 valence electrons. The molecule has 1 spiro atoms. The lowest BCUT2D eigenvalue weighted by Crippen LogP contribution is -2.38. The quantitative estimate of drug-likeness (QED) is 0.530. The number of nitrogens with two attached hydrogens (primary N) is 1. The average molecular weight is 202 g/mol. The van der Waals surface area contributed by atoms with Gasteiger partial charge in [-0.1, -0.05) is 6.07 Å². The zero-order valence-electron chi connectivity index (χ0n) is 8.49. The summed E-state index contributed by atoms with van der Waals surface area (Å²) in [4.78, 5) is 11.0. The van der Waals surface area contributed by atoms with Gasteiger partial charge in [0.2, 0.25) is 0 Å². The molecule has 1 aromatic rings. The smallest absolute Gasteiger partial charge is 0.141 e. The minimum absolute atomic E-state index is 0.172. The first-order valence-electron chi connectivity index (χ1n) is 5.34. The maximum Gasteiger partial charge on any atom is 0.141 e. The highest BCUT2D eigenvalue weighted by molar-refractivity contribution is 5.67. The van der Waals surface area contributed by atoms with Gasteiger partial charge in [0.25, 0.3) is 0 Å². The van der Waals surface area contributed by atoms with Gasteiger partial charge in [0.05, 0.1) is 6.04 Å². The first-order valence-corrected chi connectivity index (χ1v) is 5.34. The van der Waals surface area contributed by atoms with Crippen LogP contribution in [0.15, 0.2) is 18.2 Å². The first kappa shape index (κ1) is 8.92. The molecular weight excluding hydrogens is 188 g/mol. The fraction of sp³-hybridized carbons (Fsp3) is 0.417. The number of anilines is 1. The molecule has 0 amide bonds. The molecule has 3 heteroatoms. The molecule has 1 atom stereocenters. The van der Waals surface area contributed by atoms with E-state index in [1.165, 1.54) is 18.4 Å². The van der Waals surface area contributed by atoms with E-state index in [9.17, 15) is 4.79 Å². The topological polar surface area (TPSA) is 55.1 Å². The number of nitrogens with one attached hydrogen (secondary N) is 1. The van der Waals surface area contributed by atoms with E-state index in [0.717, 1.165) is 24.1 Å². The van der Waals surface area contributed by atoms with Crippen LogP contribution in [-0.4, -0.2) is 12.8 Å². The number of rotatable bonds is 1. The standard InChI is InChI=1S/C12H14N2O/c13-8-1-2-10-9(5-8)11(6-15)14-7-12(10)3-4-12/h1-2,5-6,11,14H,3-4,7,13H2. The molecule has 0 bridgehead atoms. The van der Waals surface area contributed by atoms with Gasteiger partial charge in [0, 0.05) is 17.6 Å². The van der Waals surface area contributed by atoms with Crippen LogP contribution in [0.2, 0.25) is 0 Å². The van der Waals surface area contributed by atoms with E-state index in [0.29, 0.717) is 5.41 Å². The summed E-state index contributed by atoms with van der Waals surface area (Å²) in [5.74, 6) is 0. The minimum atomic E-state index is -0.172. The molecule has 1 fully saturated rings. The summed E-state index contributed by atoms with van der Waals surface area (Å²) in [6.45, 7) is 0.924. The Balaban J connectivity index is 2.16. The lowest BCUT2D eigenvalue weighted by Gasteiger charge is -2.30. The minimum Gasteiger partial charge on any atom is -0.399 e. The van der Waals surface area contributed by atoms with E-state index >= 15 is 0 Å².